The minimum Gasteiger partial charge on any atom is -0.489 e. The number of guanidine groups is 1. The van der Waals surface area contributed by atoms with Crippen LogP contribution in [0, 0.1) is 0 Å². The van der Waals surface area contributed by atoms with Crippen molar-refractivity contribution in [3.05, 3.63) is 29.3 Å². The summed E-state index contributed by atoms with van der Waals surface area (Å²) in [4.78, 5) is 4.20. The van der Waals surface area contributed by atoms with Gasteiger partial charge in [0, 0.05) is 25.2 Å². The van der Waals surface area contributed by atoms with Crippen LogP contribution in [0.3, 0.4) is 0 Å². The largest absolute Gasteiger partial charge is 0.489 e. The van der Waals surface area contributed by atoms with Gasteiger partial charge in [0.1, 0.15) is 11.9 Å². The molecule has 5 nitrogen and oxygen atoms in total. The van der Waals surface area contributed by atoms with Crippen molar-refractivity contribution in [3.63, 3.8) is 0 Å². The molecule has 2 unspecified atom stereocenters. The van der Waals surface area contributed by atoms with Crippen molar-refractivity contribution < 1.29 is 9.47 Å². The zero-order valence-corrected chi connectivity index (χ0v) is 16.6. The van der Waals surface area contributed by atoms with E-state index in [1.54, 1.807) is 7.05 Å². The minimum atomic E-state index is -0.000234. The second-order valence-electron chi connectivity index (χ2n) is 5.35. The molecule has 2 N–H and O–H groups in total. The van der Waals surface area contributed by atoms with Gasteiger partial charge in [0.25, 0.3) is 0 Å². The Balaban J connectivity index is 0.00000264. The molecule has 0 aliphatic carbocycles. The summed E-state index contributed by atoms with van der Waals surface area (Å²) < 4.78 is 11.4. The lowest BCUT2D eigenvalue weighted by molar-refractivity contribution is 0.113. The fourth-order valence-electron chi connectivity index (χ4n) is 2.29. The molecule has 1 aliphatic rings. The molecule has 1 aromatic rings. The lowest BCUT2D eigenvalue weighted by Crippen LogP contribution is -2.44. The SMILES string of the molecule is CN=C(NCC(C)Oc1cccc(Cl)c1)NCC1CCCO1.I. The topological polar surface area (TPSA) is 54.9 Å². The zero-order valence-electron chi connectivity index (χ0n) is 13.5. The molecule has 0 spiro atoms. The van der Waals surface area contributed by atoms with Crippen LogP contribution < -0.4 is 15.4 Å². The van der Waals surface area contributed by atoms with E-state index in [4.69, 9.17) is 21.1 Å². The molecule has 1 saturated heterocycles. The average Bonchev–Trinajstić information content (AvgIpc) is 3.01. The predicted octanol–water partition coefficient (Wildman–Crippen LogP) is 3.07. The van der Waals surface area contributed by atoms with Crippen molar-refractivity contribution in [3.8, 4) is 5.75 Å². The number of hydrogen-bond donors (Lipinski definition) is 2. The second-order valence-corrected chi connectivity index (χ2v) is 5.79. The van der Waals surface area contributed by atoms with Gasteiger partial charge >= 0.3 is 0 Å². The van der Waals surface area contributed by atoms with Crippen molar-refractivity contribution in [2.75, 3.05) is 26.7 Å². The van der Waals surface area contributed by atoms with E-state index in [2.05, 4.69) is 15.6 Å². The number of halogens is 2. The molecule has 1 fully saturated rings. The number of aliphatic imine (C=N–C) groups is 1. The van der Waals surface area contributed by atoms with Crippen molar-refractivity contribution in [2.45, 2.75) is 32.0 Å². The zero-order chi connectivity index (χ0) is 15.8. The van der Waals surface area contributed by atoms with Gasteiger partial charge in [-0.25, -0.2) is 0 Å². The highest BCUT2D eigenvalue weighted by Gasteiger charge is 2.15. The molecule has 0 aromatic heterocycles. The van der Waals surface area contributed by atoms with E-state index in [1.165, 1.54) is 0 Å². The van der Waals surface area contributed by atoms with Crippen molar-refractivity contribution >= 4 is 41.5 Å². The third-order valence-electron chi connectivity index (χ3n) is 3.44. The summed E-state index contributed by atoms with van der Waals surface area (Å²) in [5.74, 6) is 1.53. The van der Waals surface area contributed by atoms with Crippen LogP contribution in [0.1, 0.15) is 19.8 Å². The first kappa shape index (κ1) is 20.3. The second kappa shape index (κ2) is 10.9. The summed E-state index contributed by atoms with van der Waals surface area (Å²) in [6, 6.07) is 7.41. The summed E-state index contributed by atoms with van der Waals surface area (Å²) in [5.41, 5.74) is 0. The van der Waals surface area contributed by atoms with Crippen LogP contribution in [0.25, 0.3) is 0 Å². The molecule has 0 radical (unpaired) electrons. The molecule has 2 rings (SSSR count). The molecule has 0 amide bonds. The third kappa shape index (κ3) is 7.58. The first-order valence-corrected chi connectivity index (χ1v) is 8.03. The fraction of sp³-hybridized carbons (Fsp3) is 0.562. The highest BCUT2D eigenvalue weighted by molar-refractivity contribution is 14.0. The van der Waals surface area contributed by atoms with Crippen LogP contribution in [0.15, 0.2) is 29.3 Å². The Kier molecular flexibility index (Phi) is 9.66. The maximum absolute atomic E-state index is 5.95. The Hall–Kier alpha value is -0.730. The summed E-state index contributed by atoms with van der Waals surface area (Å²) in [6.45, 7) is 4.30. The van der Waals surface area contributed by atoms with E-state index >= 15 is 0 Å². The lowest BCUT2D eigenvalue weighted by atomic mass is 10.2. The van der Waals surface area contributed by atoms with E-state index in [1.807, 2.05) is 31.2 Å². The van der Waals surface area contributed by atoms with Crippen molar-refractivity contribution in [1.29, 1.82) is 0 Å². The lowest BCUT2D eigenvalue weighted by Gasteiger charge is -2.19. The molecular weight excluding hydrogens is 429 g/mol. The molecule has 7 heteroatoms. The third-order valence-corrected chi connectivity index (χ3v) is 3.67. The normalized spacial score (nSPS) is 18.9. The molecule has 0 saturated carbocycles. The number of benzene rings is 1. The standard InChI is InChI=1S/C16H24ClN3O2.HI/c1-12(22-14-6-3-5-13(17)9-14)10-19-16(18-2)20-11-15-7-4-8-21-15;/h3,5-6,9,12,15H,4,7-8,10-11H2,1-2H3,(H2,18,19,20);1H. The van der Waals surface area contributed by atoms with Crippen LogP contribution in [-0.4, -0.2) is 44.9 Å². The van der Waals surface area contributed by atoms with Gasteiger partial charge in [-0.15, -0.1) is 24.0 Å². The Morgan fingerprint density at radius 2 is 2.30 bits per heavy atom. The monoisotopic (exact) mass is 453 g/mol. The van der Waals surface area contributed by atoms with Gasteiger partial charge in [-0.05, 0) is 38.0 Å². The van der Waals surface area contributed by atoms with Gasteiger partial charge in [0.2, 0.25) is 0 Å². The smallest absolute Gasteiger partial charge is 0.191 e. The van der Waals surface area contributed by atoms with Gasteiger partial charge in [-0.2, -0.15) is 0 Å². The molecule has 1 aliphatic heterocycles. The Bertz CT molecular complexity index is 496. The molecule has 0 bridgehead atoms. The number of nitrogens with one attached hydrogen (secondary N) is 2. The van der Waals surface area contributed by atoms with E-state index in [-0.39, 0.29) is 30.1 Å². The van der Waals surface area contributed by atoms with E-state index in [0.29, 0.717) is 17.7 Å². The van der Waals surface area contributed by atoms with Gasteiger partial charge in [0.05, 0.1) is 12.6 Å². The van der Waals surface area contributed by atoms with Gasteiger partial charge in [0.15, 0.2) is 5.96 Å². The van der Waals surface area contributed by atoms with E-state index in [9.17, 15) is 0 Å². The van der Waals surface area contributed by atoms with Gasteiger partial charge in [-0.3, -0.25) is 4.99 Å². The van der Waals surface area contributed by atoms with Crippen LogP contribution in [0.2, 0.25) is 5.02 Å². The Labute approximate surface area is 160 Å². The Morgan fingerprint density at radius 3 is 2.96 bits per heavy atom. The van der Waals surface area contributed by atoms with Crippen LogP contribution in [-0.2, 0) is 4.74 Å². The highest BCUT2D eigenvalue weighted by atomic mass is 127. The number of rotatable bonds is 6. The summed E-state index contributed by atoms with van der Waals surface area (Å²) in [7, 11) is 1.76. The molecule has 23 heavy (non-hydrogen) atoms. The number of ether oxygens (including phenoxy) is 2. The first-order chi connectivity index (χ1) is 10.7. The van der Waals surface area contributed by atoms with Crippen molar-refractivity contribution in [2.24, 2.45) is 4.99 Å². The van der Waals surface area contributed by atoms with Crippen LogP contribution in [0.4, 0.5) is 0 Å². The molecule has 1 heterocycles. The maximum atomic E-state index is 5.95. The highest BCUT2D eigenvalue weighted by Crippen LogP contribution is 2.18. The van der Waals surface area contributed by atoms with Crippen molar-refractivity contribution in [1.82, 2.24) is 10.6 Å². The van der Waals surface area contributed by atoms with Gasteiger partial charge < -0.3 is 20.1 Å². The van der Waals surface area contributed by atoms with Crippen LogP contribution >= 0.6 is 35.6 Å². The molecular formula is C16H25ClIN3O2. The quantitative estimate of drug-likeness (QED) is 0.395. The number of nitrogens with zero attached hydrogens (tertiary/aromatic N) is 1. The number of hydrogen-bond acceptors (Lipinski definition) is 3. The minimum absolute atomic E-state index is 0. The van der Waals surface area contributed by atoms with E-state index < -0.39 is 0 Å². The van der Waals surface area contributed by atoms with Gasteiger partial charge in [-0.1, -0.05) is 17.7 Å². The summed E-state index contributed by atoms with van der Waals surface area (Å²) in [5, 5.41) is 7.20. The predicted molar refractivity (Wildman–Crippen MR) is 105 cm³/mol. The van der Waals surface area contributed by atoms with Crippen LogP contribution in [0.5, 0.6) is 5.75 Å². The first-order valence-electron chi connectivity index (χ1n) is 7.65. The molecule has 2 atom stereocenters. The summed E-state index contributed by atoms with van der Waals surface area (Å²) >= 11 is 5.95. The maximum Gasteiger partial charge on any atom is 0.191 e. The molecule has 1 aromatic carbocycles. The Morgan fingerprint density at radius 1 is 1.48 bits per heavy atom. The average molecular weight is 454 g/mol. The summed E-state index contributed by atoms with van der Waals surface area (Å²) in [6.07, 6.45) is 2.54. The fourth-order valence-corrected chi connectivity index (χ4v) is 2.47. The van der Waals surface area contributed by atoms with E-state index in [0.717, 1.165) is 37.7 Å². The molecule has 130 valence electrons.